The Balaban J connectivity index is 1.45. The lowest BCUT2D eigenvalue weighted by Gasteiger charge is -2.46. The molecule has 2 fully saturated rings. The van der Waals surface area contributed by atoms with Crippen molar-refractivity contribution < 1.29 is 23.9 Å². The number of hydrazine groups is 1. The van der Waals surface area contributed by atoms with Gasteiger partial charge < -0.3 is 24.6 Å². The highest BCUT2D eigenvalue weighted by Crippen LogP contribution is 2.37. The number of fused-ring (bicyclic) bond motifs is 1. The Morgan fingerprint density at radius 1 is 0.929 bits per heavy atom. The number of hydrogen-bond donors (Lipinski definition) is 1. The van der Waals surface area contributed by atoms with Gasteiger partial charge in [-0.15, -0.1) is 0 Å². The lowest BCUT2D eigenvalue weighted by atomic mass is 10.00. The van der Waals surface area contributed by atoms with E-state index in [4.69, 9.17) is 9.47 Å². The van der Waals surface area contributed by atoms with Crippen molar-refractivity contribution in [3.63, 3.8) is 0 Å². The maximum absolute atomic E-state index is 14.1. The quantitative estimate of drug-likeness (QED) is 0.398. The third-order valence-corrected chi connectivity index (χ3v) is 7.66. The average molecular weight is 572 g/mol. The zero-order valence-corrected chi connectivity index (χ0v) is 24.2. The number of carbonyl (C=O) groups excluding carboxylic acids is 3. The lowest BCUT2D eigenvalue weighted by Crippen LogP contribution is -2.62. The molecule has 0 aromatic heterocycles. The summed E-state index contributed by atoms with van der Waals surface area (Å²) in [4.78, 5) is 44.6. The van der Waals surface area contributed by atoms with Gasteiger partial charge in [-0.2, -0.15) is 5.01 Å². The molecule has 0 bridgehead atoms. The van der Waals surface area contributed by atoms with Gasteiger partial charge in [-0.25, -0.2) is 4.79 Å². The van der Waals surface area contributed by atoms with E-state index in [0.29, 0.717) is 37.6 Å². The zero-order chi connectivity index (χ0) is 29.6. The standard InChI is InChI=1S/C32H37N5O5/c1-4-17-35(32(40)33-19-23-11-7-5-8-12-23)36-22-29(38)37-28(36)21-34(31(39)30(37)25-13-9-6-10-14-25)20-24-15-16-26(41-2)27(18-24)42-3/h5-16,18,28,30H,4,17,19-22H2,1-3H3,(H,33,40)/t28-,30+/m1/s1. The number of benzene rings is 3. The van der Waals surface area contributed by atoms with Gasteiger partial charge in [-0.05, 0) is 35.2 Å². The molecule has 0 radical (unpaired) electrons. The third kappa shape index (κ3) is 5.89. The Labute approximate surface area is 246 Å². The Kier molecular flexibility index (Phi) is 8.92. The fraction of sp³-hybridized carbons (Fsp3) is 0.344. The fourth-order valence-corrected chi connectivity index (χ4v) is 5.66. The highest BCUT2D eigenvalue weighted by molar-refractivity contribution is 5.92. The molecule has 10 heteroatoms. The summed E-state index contributed by atoms with van der Waals surface area (Å²) in [5, 5.41) is 6.45. The molecular weight excluding hydrogens is 534 g/mol. The first-order chi connectivity index (χ1) is 20.4. The Morgan fingerprint density at radius 3 is 2.29 bits per heavy atom. The minimum atomic E-state index is -0.807. The number of nitrogens with zero attached hydrogens (tertiary/aromatic N) is 4. The van der Waals surface area contributed by atoms with Gasteiger partial charge in [-0.3, -0.25) is 14.6 Å². The van der Waals surface area contributed by atoms with Crippen LogP contribution in [-0.4, -0.2) is 77.7 Å². The summed E-state index contributed by atoms with van der Waals surface area (Å²) >= 11 is 0. The van der Waals surface area contributed by atoms with Gasteiger partial charge in [0.2, 0.25) is 5.91 Å². The van der Waals surface area contributed by atoms with E-state index in [9.17, 15) is 14.4 Å². The molecule has 2 aliphatic heterocycles. The van der Waals surface area contributed by atoms with Gasteiger partial charge in [0.05, 0.1) is 27.3 Å². The molecule has 0 aliphatic carbocycles. The second-order valence-corrected chi connectivity index (χ2v) is 10.4. The van der Waals surface area contributed by atoms with Gasteiger partial charge in [0.25, 0.3) is 5.91 Å². The van der Waals surface area contributed by atoms with Crippen molar-refractivity contribution in [3.05, 3.63) is 95.6 Å². The predicted octanol–water partition coefficient (Wildman–Crippen LogP) is 3.79. The summed E-state index contributed by atoms with van der Waals surface area (Å²) in [6, 6.07) is 23.5. The van der Waals surface area contributed by atoms with Crippen molar-refractivity contribution in [1.82, 2.24) is 25.1 Å². The van der Waals surface area contributed by atoms with E-state index >= 15 is 0 Å². The van der Waals surface area contributed by atoms with E-state index in [1.807, 2.05) is 90.8 Å². The van der Waals surface area contributed by atoms with Crippen LogP contribution in [0, 0.1) is 0 Å². The van der Waals surface area contributed by atoms with Crippen molar-refractivity contribution in [3.8, 4) is 11.5 Å². The van der Waals surface area contributed by atoms with Crippen LogP contribution in [0.3, 0.4) is 0 Å². The molecule has 4 amide bonds. The van der Waals surface area contributed by atoms with Crippen molar-refractivity contribution in [2.75, 3.05) is 33.9 Å². The van der Waals surface area contributed by atoms with Crippen LogP contribution in [0.15, 0.2) is 78.9 Å². The van der Waals surface area contributed by atoms with E-state index in [2.05, 4.69) is 5.32 Å². The van der Waals surface area contributed by atoms with E-state index < -0.39 is 12.2 Å². The van der Waals surface area contributed by atoms with Crippen LogP contribution in [0.1, 0.15) is 36.1 Å². The number of hydrogen-bond acceptors (Lipinski definition) is 6. The van der Waals surface area contributed by atoms with E-state index in [0.717, 1.165) is 16.7 Å². The molecule has 2 atom stereocenters. The van der Waals surface area contributed by atoms with Crippen LogP contribution in [0.4, 0.5) is 4.79 Å². The molecular formula is C32H37N5O5. The SMILES string of the molecule is CCCN(C(=O)NCc1ccccc1)N1CC(=O)N2[C@@H](c3ccccc3)C(=O)N(Cc3ccc(OC)c(OC)c3)C[C@@H]21. The molecule has 0 unspecified atom stereocenters. The average Bonchev–Trinajstić information content (AvgIpc) is 3.34. The van der Waals surface area contributed by atoms with E-state index in [1.54, 1.807) is 29.0 Å². The van der Waals surface area contributed by atoms with Crippen LogP contribution < -0.4 is 14.8 Å². The van der Waals surface area contributed by atoms with E-state index in [1.165, 1.54) is 0 Å². The highest BCUT2D eigenvalue weighted by Gasteiger charge is 2.52. The van der Waals surface area contributed by atoms with Crippen molar-refractivity contribution in [1.29, 1.82) is 0 Å². The minimum absolute atomic E-state index is 0.00420. The Morgan fingerprint density at radius 2 is 1.62 bits per heavy atom. The number of amides is 4. The number of carbonyl (C=O) groups is 3. The van der Waals surface area contributed by atoms with Gasteiger partial charge in [0.15, 0.2) is 11.5 Å². The van der Waals surface area contributed by atoms with Gasteiger partial charge in [0.1, 0.15) is 12.2 Å². The van der Waals surface area contributed by atoms with Crippen molar-refractivity contribution >= 4 is 17.8 Å². The van der Waals surface area contributed by atoms with Gasteiger partial charge in [-0.1, -0.05) is 73.7 Å². The molecule has 2 heterocycles. The molecule has 10 nitrogen and oxygen atoms in total. The Bertz CT molecular complexity index is 1400. The summed E-state index contributed by atoms with van der Waals surface area (Å²) in [5.74, 6) is 0.814. The molecule has 1 N–H and O–H groups in total. The number of ether oxygens (including phenoxy) is 2. The molecule has 2 aliphatic rings. The number of urea groups is 1. The molecule has 0 saturated carbocycles. The van der Waals surface area contributed by atoms with Crippen LogP contribution in [0.25, 0.3) is 0 Å². The first-order valence-electron chi connectivity index (χ1n) is 14.2. The number of piperazine rings is 1. The maximum Gasteiger partial charge on any atom is 0.332 e. The van der Waals surface area contributed by atoms with Crippen LogP contribution in [-0.2, 0) is 22.7 Å². The lowest BCUT2D eigenvalue weighted by molar-refractivity contribution is -0.158. The van der Waals surface area contributed by atoms with E-state index in [-0.39, 0.29) is 30.9 Å². The van der Waals surface area contributed by atoms with Crippen LogP contribution >= 0.6 is 0 Å². The molecule has 2 saturated heterocycles. The van der Waals surface area contributed by atoms with Gasteiger partial charge in [0, 0.05) is 19.6 Å². The topological polar surface area (TPSA) is 94.7 Å². The van der Waals surface area contributed by atoms with Crippen LogP contribution in [0.2, 0.25) is 0 Å². The Hall–Kier alpha value is -4.57. The smallest absolute Gasteiger partial charge is 0.332 e. The summed E-state index contributed by atoms with van der Waals surface area (Å²) in [5.41, 5.74) is 2.58. The third-order valence-electron chi connectivity index (χ3n) is 7.66. The first-order valence-corrected chi connectivity index (χ1v) is 14.2. The summed E-state index contributed by atoms with van der Waals surface area (Å²) < 4.78 is 10.9. The van der Waals surface area contributed by atoms with Crippen molar-refractivity contribution in [2.45, 2.75) is 38.6 Å². The monoisotopic (exact) mass is 571 g/mol. The number of nitrogens with one attached hydrogen (secondary N) is 1. The maximum atomic E-state index is 14.1. The molecule has 3 aromatic carbocycles. The fourth-order valence-electron chi connectivity index (χ4n) is 5.66. The second-order valence-electron chi connectivity index (χ2n) is 10.4. The van der Waals surface area contributed by atoms with Crippen LogP contribution in [0.5, 0.6) is 11.5 Å². The molecule has 5 rings (SSSR count). The minimum Gasteiger partial charge on any atom is -0.493 e. The number of rotatable bonds is 10. The largest absolute Gasteiger partial charge is 0.493 e. The number of methoxy groups -OCH3 is 2. The predicted molar refractivity (Wildman–Crippen MR) is 157 cm³/mol. The van der Waals surface area contributed by atoms with Gasteiger partial charge >= 0.3 is 6.03 Å². The first kappa shape index (κ1) is 28.9. The highest BCUT2D eigenvalue weighted by atomic mass is 16.5. The summed E-state index contributed by atoms with van der Waals surface area (Å²) in [6.07, 6.45) is 0.182. The van der Waals surface area contributed by atoms with Crippen molar-refractivity contribution in [2.24, 2.45) is 0 Å². The summed E-state index contributed by atoms with van der Waals surface area (Å²) in [6.45, 7) is 3.35. The molecule has 3 aromatic rings. The second kappa shape index (κ2) is 12.9. The summed E-state index contributed by atoms with van der Waals surface area (Å²) in [7, 11) is 3.15. The zero-order valence-electron chi connectivity index (χ0n) is 24.2. The molecule has 0 spiro atoms. The molecule has 220 valence electrons. The molecule has 42 heavy (non-hydrogen) atoms. The normalized spacial score (nSPS) is 18.5.